The lowest BCUT2D eigenvalue weighted by Gasteiger charge is -2.08. The number of benzene rings is 1. The molecule has 0 amide bonds. The average molecular weight is 286 g/mol. The third-order valence-electron chi connectivity index (χ3n) is 2.33. The minimum absolute atomic E-state index is 0.0340. The Morgan fingerprint density at radius 3 is 2.21 bits per heavy atom. The van der Waals surface area contributed by atoms with E-state index in [-0.39, 0.29) is 11.5 Å². The number of rotatable bonds is 3. The zero-order chi connectivity index (χ0) is 14.0. The molecule has 100 valence electrons. The lowest BCUT2D eigenvalue weighted by atomic mass is 10.2. The summed E-state index contributed by atoms with van der Waals surface area (Å²) in [6, 6.07) is 9.00. The quantitative estimate of drug-likeness (QED) is 0.776. The van der Waals surface area contributed by atoms with Crippen molar-refractivity contribution in [2.45, 2.75) is 13.3 Å². The summed E-state index contributed by atoms with van der Waals surface area (Å²) >= 11 is 1.30. The molecule has 2 aromatic rings. The lowest BCUT2D eigenvalue weighted by Crippen LogP contribution is -2.16. The van der Waals surface area contributed by atoms with Crippen molar-refractivity contribution in [1.29, 1.82) is 0 Å². The van der Waals surface area contributed by atoms with E-state index in [1.165, 1.54) is 42.5 Å². The summed E-state index contributed by atoms with van der Waals surface area (Å²) < 4.78 is 39.8. The molecule has 1 aromatic carbocycles. The average Bonchev–Trinajstić information content (AvgIpc) is 2.77. The van der Waals surface area contributed by atoms with Crippen molar-refractivity contribution < 1.29 is 22.7 Å². The molecule has 19 heavy (non-hydrogen) atoms. The van der Waals surface area contributed by atoms with E-state index in [0.29, 0.717) is 4.88 Å². The Labute approximate surface area is 111 Å². The van der Waals surface area contributed by atoms with Crippen LogP contribution in [0.25, 0.3) is 10.4 Å². The zero-order valence-corrected chi connectivity index (χ0v) is 10.6. The number of Topliss-reactive ketones (excluding diaryl/α,β-unsaturated/α-hetero) is 1. The van der Waals surface area contributed by atoms with Crippen molar-refractivity contribution in [1.82, 2.24) is 0 Å². The van der Waals surface area contributed by atoms with Gasteiger partial charge in [0.05, 0.1) is 4.88 Å². The first-order valence-corrected chi connectivity index (χ1v) is 6.14. The molecule has 0 saturated heterocycles. The highest BCUT2D eigenvalue weighted by Crippen LogP contribution is 2.30. The Morgan fingerprint density at radius 2 is 1.74 bits per heavy atom. The van der Waals surface area contributed by atoms with Gasteiger partial charge in [-0.05, 0) is 48.9 Å². The van der Waals surface area contributed by atoms with Gasteiger partial charge in [0, 0.05) is 4.88 Å². The zero-order valence-electron chi connectivity index (χ0n) is 9.82. The number of carbonyl (C=O) groups excluding carboxylic acids is 1. The molecule has 0 unspecified atom stereocenters. The lowest BCUT2D eigenvalue weighted by molar-refractivity contribution is -0.274. The number of halogens is 3. The molecular formula is C13H9F3O2S. The van der Waals surface area contributed by atoms with Crippen LogP contribution in [-0.2, 0) is 0 Å². The fraction of sp³-hybridized carbons (Fsp3) is 0.154. The van der Waals surface area contributed by atoms with Crippen LogP contribution >= 0.6 is 11.3 Å². The van der Waals surface area contributed by atoms with Crippen molar-refractivity contribution in [3.63, 3.8) is 0 Å². The highest BCUT2D eigenvalue weighted by atomic mass is 32.1. The van der Waals surface area contributed by atoms with Crippen molar-refractivity contribution in [3.8, 4) is 16.2 Å². The fourth-order valence-corrected chi connectivity index (χ4v) is 2.41. The van der Waals surface area contributed by atoms with Crippen LogP contribution in [0, 0.1) is 0 Å². The summed E-state index contributed by atoms with van der Waals surface area (Å²) in [6.07, 6.45) is -4.69. The van der Waals surface area contributed by atoms with Gasteiger partial charge in [0.1, 0.15) is 5.75 Å². The topological polar surface area (TPSA) is 26.3 Å². The van der Waals surface area contributed by atoms with Crippen LogP contribution in [0.5, 0.6) is 5.75 Å². The molecule has 0 saturated carbocycles. The van der Waals surface area contributed by atoms with Gasteiger partial charge < -0.3 is 4.74 Å². The van der Waals surface area contributed by atoms with E-state index < -0.39 is 6.36 Å². The predicted octanol–water partition coefficient (Wildman–Crippen LogP) is 4.52. The van der Waals surface area contributed by atoms with Crippen LogP contribution in [0.4, 0.5) is 13.2 Å². The van der Waals surface area contributed by atoms with Gasteiger partial charge in [-0.2, -0.15) is 0 Å². The third kappa shape index (κ3) is 3.57. The van der Waals surface area contributed by atoms with Crippen LogP contribution < -0.4 is 4.74 Å². The first kappa shape index (κ1) is 13.6. The van der Waals surface area contributed by atoms with Crippen LogP contribution in [0.15, 0.2) is 36.4 Å². The van der Waals surface area contributed by atoms with Crippen molar-refractivity contribution in [2.24, 2.45) is 0 Å². The largest absolute Gasteiger partial charge is 0.573 e. The highest BCUT2D eigenvalue weighted by molar-refractivity contribution is 7.17. The molecule has 0 radical (unpaired) electrons. The fourth-order valence-electron chi connectivity index (χ4n) is 1.50. The highest BCUT2D eigenvalue weighted by Gasteiger charge is 2.30. The van der Waals surface area contributed by atoms with Gasteiger partial charge in [-0.1, -0.05) is 0 Å². The Kier molecular flexibility index (Phi) is 3.61. The number of ether oxygens (including phenoxy) is 1. The van der Waals surface area contributed by atoms with Gasteiger partial charge >= 0.3 is 6.36 Å². The molecule has 2 rings (SSSR count). The van der Waals surface area contributed by atoms with Crippen LogP contribution in [-0.4, -0.2) is 12.1 Å². The third-order valence-corrected chi connectivity index (χ3v) is 3.56. The predicted molar refractivity (Wildman–Crippen MR) is 66.4 cm³/mol. The molecule has 0 N–H and O–H groups in total. The van der Waals surface area contributed by atoms with E-state index >= 15 is 0 Å². The van der Waals surface area contributed by atoms with Crippen molar-refractivity contribution >= 4 is 17.1 Å². The molecule has 0 aliphatic rings. The minimum atomic E-state index is -4.69. The molecule has 1 aromatic heterocycles. The summed E-state index contributed by atoms with van der Waals surface area (Å²) in [5, 5.41) is 0. The number of carbonyl (C=O) groups is 1. The second-order valence-corrected chi connectivity index (χ2v) is 4.88. The number of alkyl halides is 3. The van der Waals surface area contributed by atoms with E-state index in [0.717, 1.165) is 10.4 Å². The summed E-state index contributed by atoms with van der Waals surface area (Å²) in [5.41, 5.74) is 0.743. The van der Waals surface area contributed by atoms with E-state index in [2.05, 4.69) is 4.74 Å². The summed E-state index contributed by atoms with van der Waals surface area (Å²) in [5.74, 6) is -0.298. The molecular weight excluding hydrogens is 277 g/mol. The second kappa shape index (κ2) is 5.05. The number of hydrogen-bond donors (Lipinski definition) is 0. The molecule has 0 spiro atoms. The minimum Gasteiger partial charge on any atom is -0.406 e. The monoisotopic (exact) mass is 286 g/mol. The van der Waals surface area contributed by atoms with Crippen molar-refractivity contribution in [3.05, 3.63) is 41.3 Å². The maximum Gasteiger partial charge on any atom is 0.573 e. The van der Waals surface area contributed by atoms with Crippen LogP contribution in [0.2, 0.25) is 0 Å². The number of hydrogen-bond acceptors (Lipinski definition) is 3. The molecule has 0 bridgehead atoms. The van der Waals surface area contributed by atoms with Gasteiger partial charge in [0.15, 0.2) is 5.78 Å². The van der Waals surface area contributed by atoms with E-state index in [9.17, 15) is 18.0 Å². The van der Waals surface area contributed by atoms with Gasteiger partial charge in [-0.25, -0.2) is 0 Å². The first-order chi connectivity index (χ1) is 8.85. The van der Waals surface area contributed by atoms with E-state index in [1.807, 2.05) is 0 Å². The van der Waals surface area contributed by atoms with E-state index in [4.69, 9.17) is 0 Å². The van der Waals surface area contributed by atoms with Gasteiger partial charge in [-0.15, -0.1) is 24.5 Å². The van der Waals surface area contributed by atoms with E-state index in [1.54, 1.807) is 12.1 Å². The number of ketones is 1. The molecule has 0 aliphatic carbocycles. The Balaban J connectivity index is 2.20. The summed E-state index contributed by atoms with van der Waals surface area (Å²) in [7, 11) is 0. The SMILES string of the molecule is CC(=O)c1ccc(-c2ccc(OC(F)(F)F)cc2)s1. The smallest absolute Gasteiger partial charge is 0.406 e. The second-order valence-electron chi connectivity index (χ2n) is 3.79. The Hall–Kier alpha value is -1.82. The first-order valence-electron chi connectivity index (χ1n) is 5.32. The van der Waals surface area contributed by atoms with Gasteiger partial charge in [0.2, 0.25) is 0 Å². The standard InChI is InChI=1S/C13H9F3O2S/c1-8(17)11-6-7-12(19-11)9-2-4-10(5-3-9)18-13(14,15)16/h2-7H,1H3. The maximum atomic E-state index is 12.0. The molecule has 2 nitrogen and oxygen atoms in total. The van der Waals surface area contributed by atoms with Gasteiger partial charge in [-0.3, -0.25) is 4.79 Å². The summed E-state index contributed by atoms with van der Waals surface area (Å²) in [4.78, 5) is 12.6. The molecule has 0 fully saturated rings. The maximum absolute atomic E-state index is 12.0. The number of thiophene rings is 1. The van der Waals surface area contributed by atoms with Crippen LogP contribution in [0.1, 0.15) is 16.6 Å². The van der Waals surface area contributed by atoms with Gasteiger partial charge in [0.25, 0.3) is 0 Å². The molecule has 0 atom stereocenters. The molecule has 6 heteroatoms. The molecule has 0 aliphatic heterocycles. The summed E-state index contributed by atoms with van der Waals surface area (Å²) in [6.45, 7) is 1.47. The normalized spacial score (nSPS) is 11.4. The van der Waals surface area contributed by atoms with Crippen molar-refractivity contribution in [2.75, 3.05) is 0 Å². The Morgan fingerprint density at radius 1 is 1.11 bits per heavy atom. The van der Waals surface area contributed by atoms with Crippen LogP contribution in [0.3, 0.4) is 0 Å². The molecule has 1 heterocycles. The Bertz CT molecular complexity index is 585.